The maximum absolute atomic E-state index is 11.2. The van der Waals surface area contributed by atoms with E-state index in [2.05, 4.69) is 16.2 Å². The van der Waals surface area contributed by atoms with Crippen LogP contribution in [0.4, 0.5) is 0 Å². The van der Waals surface area contributed by atoms with Crippen LogP contribution >= 0.6 is 21.6 Å². The molecule has 0 heterocycles. The Bertz CT molecular complexity index is 339. The fourth-order valence-corrected chi connectivity index (χ4v) is 4.32. The second-order valence-electron chi connectivity index (χ2n) is 9.18. The van der Waals surface area contributed by atoms with Crippen LogP contribution in [0.1, 0.15) is 155 Å². The SMILES string of the molecule is CCCCCCCCCCCCCCCCCCCCCCCCOC(=O)CCP.Cl. The first-order valence-electron chi connectivity index (χ1n) is 13.7. The maximum Gasteiger partial charge on any atom is 0.306 e. The van der Waals surface area contributed by atoms with E-state index in [-0.39, 0.29) is 18.4 Å². The van der Waals surface area contributed by atoms with Gasteiger partial charge in [0, 0.05) is 6.42 Å². The molecule has 4 heteroatoms. The van der Waals surface area contributed by atoms with Gasteiger partial charge in [0.15, 0.2) is 0 Å². The lowest BCUT2D eigenvalue weighted by Gasteiger charge is -2.05. The minimum atomic E-state index is -0.0477. The highest BCUT2D eigenvalue weighted by Gasteiger charge is 2.00. The van der Waals surface area contributed by atoms with E-state index in [1.807, 2.05) is 0 Å². The van der Waals surface area contributed by atoms with Crippen molar-refractivity contribution < 1.29 is 9.53 Å². The number of ether oxygens (including phenoxy) is 1. The number of esters is 1. The summed E-state index contributed by atoms with van der Waals surface area (Å²) in [6, 6.07) is 0. The van der Waals surface area contributed by atoms with Crippen LogP contribution in [0.2, 0.25) is 0 Å². The fraction of sp³-hybridized carbons (Fsp3) is 0.963. The van der Waals surface area contributed by atoms with E-state index < -0.39 is 0 Å². The molecule has 0 saturated heterocycles. The molecule has 0 aromatic carbocycles. The summed E-state index contributed by atoms with van der Waals surface area (Å²) in [4.78, 5) is 11.2. The first-order chi connectivity index (χ1) is 14.8. The van der Waals surface area contributed by atoms with Crippen LogP contribution in [0.5, 0.6) is 0 Å². The lowest BCUT2D eigenvalue weighted by molar-refractivity contribution is -0.143. The third-order valence-corrected chi connectivity index (χ3v) is 6.40. The van der Waals surface area contributed by atoms with Crippen molar-refractivity contribution in [3.63, 3.8) is 0 Å². The van der Waals surface area contributed by atoms with E-state index in [4.69, 9.17) is 4.74 Å². The number of hydrogen-bond donors (Lipinski definition) is 0. The Morgan fingerprint density at radius 3 is 1.13 bits per heavy atom. The van der Waals surface area contributed by atoms with E-state index in [0.29, 0.717) is 13.0 Å². The Balaban J connectivity index is 0. The molecule has 0 aliphatic carbocycles. The molecule has 188 valence electrons. The minimum absolute atomic E-state index is 0. The van der Waals surface area contributed by atoms with Gasteiger partial charge in [-0.2, -0.15) is 0 Å². The number of unbranched alkanes of at least 4 members (excludes halogenated alkanes) is 21. The molecule has 2 nitrogen and oxygen atoms in total. The molecule has 1 atom stereocenters. The van der Waals surface area contributed by atoms with Gasteiger partial charge in [0.1, 0.15) is 0 Å². The Hall–Kier alpha value is 0.190. The van der Waals surface area contributed by atoms with Crippen molar-refractivity contribution in [2.75, 3.05) is 12.8 Å². The number of halogens is 1. The molecule has 1 unspecified atom stereocenters. The summed E-state index contributed by atoms with van der Waals surface area (Å²) >= 11 is 0. The number of carbonyl (C=O) groups is 1. The molecule has 0 aliphatic heterocycles. The third kappa shape index (κ3) is 30.2. The van der Waals surface area contributed by atoms with Gasteiger partial charge in [0.25, 0.3) is 0 Å². The lowest BCUT2D eigenvalue weighted by Crippen LogP contribution is -2.05. The fourth-order valence-electron chi connectivity index (χ4n) is 4.09. The van der Waals surface area contributed by atoms with Crippen molar-refractivity contribution in [2.24, 2.45) is 0 Å². The molecule has 0 bridgehead atoms. The standard InChI is InChI=1S/C27H55O2P.ClH/c1-2-3-4-5-6-7-8-9-10-11-12-13-14-15-16-17-18-19-20-21-22-23-25-29-27(28)24-26-30;/h2-26,30H2,1H3;1H. The van der Waals surface area contributed by atoms with Crippen LogP contribution in [0, 0.1) is 0 Å². The molecule has 0 saturated carbocycles. The zero-order valence-corrected chi connectivity index (χ0v) is 23.0. The molecule has 31 heavy (non-hydrogen) atoms. The summed E-state index contributed by atoms with van der Waals surface area (Å²) < 4.78 is 5.17. The van der Waals surface area contributed by atoms with Crippen LogP contribution in [0.25, 0.3) is 0 Å². The molecular weight excluding hydrogens is 423 g/mol. The van der Waals surface area contributed by atoms with Crippen molar-refractivity contribution in [1.82, 2.24) is 0 Å². The summed E-state index contributed by atoms with van der Waals surface area (Å²) in [5, 5.41) is 0. The quantitative estimate of drug-likeness (QED) is 0.0740. The molecule has 0 fully saturated rings. The van der Waals surface area contributed by atoms with Gasteiger partial charge in [0.2, 0.25) is 0 Å². The zero-order chi connectivity index (χ0) is 22.0. The highest BCUT2D eigenvalue weighted by molar-refractivity contribution is 7.16. The summed E-state index contributed by atoms with van der Waals surface area (Å²) in [5.41, 5.74) is 0. The van der Waals surface area contributed by atoms with E-state index in [1.165, 1.54) is 135 Å². The number of rotatable bonds is 25. The van der Waals surface area contributed by atoms with Crippen LogP contribution in [0.15, 0.2) is 0 Å². The zero-order valence-electron chi connectivity index (χ0n) is 21.0. The van der Waals surface area contributed by atoms with Crippen molar-refractivity contribution in [3.8, 4) is 0 Å². The largest absolute Gasteiger partial charge is 0.466 e. The molecule has 0 spiro atoms. The maximum atomic E-state index is 11.2. The van der Waals surface area contributed by atoms with Crippen molar-refractivity contribution in [1.29, 1.82) is 0 Å². The van der Waals surface area contributed by atoms with E-state index >= 15 is 0 Å². The van der Waals surface area contributed by atoms with Crippen LogP contribution in [0.3, 0.4) is 0 Å². The van der Waals surface area contributed by atoms with Gasteiger partial charge in [-0.1, -0.05) is 142 Å². The molecule has 0 aliphatic rings. The molecule has 0 amide bonds. The van der Waals surface area contributed by atoms with E-state index in [0.717, 1.165) is 12.6 Å². The Labute approximate surface area is 204 Å². The molecule has 0 radical (unpaired) electrons. The van der Waals surface area contributed by atoms with Crippen LogP contribution < -0.4 is 0 Å². The Kier molecular flexibility index (Phi) is 32.5. The predicted octanol–water partition coefficient (Wildman–Crippen LogP) is 9.82. The van der Waals surface area contributed by atoms with Gasteiger partial charge in [0.05, 0.1) is 6.61 Å². The minimum Gasteiger partial charge on any atom is -0.466 e. The van der Waals surface area contributed by atoms with Crippen molar-refractivity contribution in [2.45, 2.75) is 155 Å². The molecule has 0 aromatic heterocycles. The van der Waals surface area contributed by atoms with Crippen molar-refractivity contribution >= 4 is 27.6 Å². The van der Waals surface area contributed by atoms with E-state index in [1.54, 1.807) is 0 Å². The van der Waals surface area contributed by atoms with Gasteiger partial charge < -0.3 is 4.74 Å². The van der Waals surface area contributed by atoms with Crippen LogP contribution in [-0.2, 0) is 9.53 Å². The number of carbonyl (C=O) groups excluding carboxylic acids is 1. The topological polar surface area (TPSA) is 26.3 Å². The normalized spacial score (nSPS) is 10.8. The summed E-state index contributed by atoms with van der Waals surface area (Å²) in [5.74, 6) is -0.0477. The molecular formula is C27H56ClO2P. The predicted molar refractivity (Wildman–Crippen MR) is 145 cm³/mol. The third-order valence-electron chi connectivity index (χ3n) is 6.11. The average molecular weight is 479 g/mol. The first kappa shape index (κ1) is 33.4. The van der Waals surface area contributed by atoms with Gasteiger partial charge in [-0.15, -0.1) is 21.6 Å². The first-order valence-corrected chi connectivity index (χ1v) is 14.5. The summed E-state index contributed by atoms with van der Waals surface area (Å²) in [6.45, 7) is 2.91. The van der Waals surface area contributed by atoms with E-state index in [9.17, 15) is 4.79 Å². The number of hydrogen-bond acceptors (Lipinski definition) is 2. The van der Waals surface area contributed by atoms with Crippen LogP contribution in [-0.4, -0.2) is 18.7 Å². The summed E-state index contributed by atoms with van der Waals surface area (Å²) in [7, 11) is 2.56. The van der Waals surface area contributed by atoms with Gasteiger partial charge in [-0.3, -0.25) is 4.79 Å². The Morgan fingerprint density at radius 2 is 0.839 bits per heavy atom. The molecule has 0 aromatic rings. The van der Waals surface area contributed by atoms with Gasteiger partial charge in [-0.25, -0.2) is 0 Å². The van der Waals surface area contributed by atoms with Gasteiger partial charge >= 0.3 is 5.97 Å². The second kappa shape index (κ2) is 30.2. The second-order valence-corrected chi connectivity index (χ2v) is 9.76. The highest BCUT2D eigenvalue weighted by Crippen LogP contribution is 2.15. The molecule has 0 rings (SSSR count). The van der Waals surface area contributed by atoms with Gasteiger partial charge in [-0.05, 0) is 12.6 Å². The highest BCUT2D eigenvalue weighted by atomic mass is 35.5. The van der Waals surface area contributed by atoms with Crippen molar-refractivity contribution in [3.05, 3.63) is 0 Å². The monoisotopic (exact) mass is 478 g/mol. The molecule has 0 N–H and O–H groups in total. The average Bonchev–Trinajstić information content (AvgIpc) is 2.74. The Morgan fingerprint density at radius 1 is 0.548 bits per heavy atom. The smallest absolute Gasteiger partial charge is 0.306 e. The summed E-state index contributed by atoms with van der Waals surface area (Å²) in [6.07, 6.45) is 32.2. The lowest BCUT2D eigenvalue weighted by atomic mass is 10.0.